The molecule has 116 valence electrons. The lowest BCUT2D eigenvalue weighted by Gasteiger charge is -2.40. The molecular weight excluding hydrogens is 280 g/mol. The van der Waals surface area contributed by atoms with Crippen molar-refractivity contribution < 1.29 is 4.79 Å². The van der Waals surface area contributed by atoms with Crippen molar-refractivity contribution in [2.24, 2.45) is 0 Å². The summed E-state index contributed by atoms with van der Waals surface area (Å²) in [6.07, 6.45) is 6.08. The first kappa shape index (κ1) is 15.0. The van der Waals surface area contributed by atoms with Crippen LogP contribution in [0, 0.1) is 0 Å². The van der Waals surface area contributed by atoms with Crippen LogP contribution in [0.25, 0.3) is 0 Å². The van der Waals surface area contributed by atoms with Crippen molar-refractivity contribution in [2.45, 2.75) is 70.6 Å². The molecule has 21 heavy (non-hydrogen) atoms. The van der Waals surface area contributed by atoms with Gasteiger partial charge in [0.05, 0.1) is 6.54 Å². The molecule has 2 unspecified atom stereocenters. The number of carbonyl (C=O) groups excluding carboxylic acids is 1. The number of piperidine rings is 1. The van der Waals surface area contributed by atoms with E-state index in [1.165, 1.54) is 24.1 Å². The van der Waals surface area contributed by atoms with Gasteiger partial charge in [0.1, 0.15) is 0 Å². The summed E-state index contributed by atoms with van der Waals surface area (Å²) in [6.45, 7) is 5.94. The van der Waals surface area contributed by atoms with Gasteiger partial charge in [0, 0.05) is 29.5 Å². The summed E-state index contributed by atoms with van der Waals surface area (Å²) in [5, 5.41) is 2.12. The molecule has 1 aliphatic carbocycles. The molecule has 3 nitrogen and oxygen atoms in total. The van der Waals surface area contributed by atoms with E-state index >= 15 is 0 Å². The average molecular weight is 306 g/mol. The van der Waals surface area contributed by atoms with Gasteiger partial charge in [-0.05, 0) is 57.4 Å². The molecule has 2 atom stereocenters. The summed E-state index contributed by atoms with van der Waals surface area (Å²) < 4.78 is 0. The van der Waals surface area contributed by atoms with Crippen LogP contribution in [0.5, 0.6) is 0 Å². The van der Waals surface area contributed by atoms with Crippen LogP contribution in [-0.2, 0) is 11.3 Å². The fraction of sp³-hybridized carbons (Fsp3) is 0.706. The summed E-state index contributed by atoms with van der Waals surface area (Å²) >= 11 is 1.79. The molecule has 0 aromatic carbocycles. The molecule has 4 heteroatoms. The Labute approximate surface area is 131 Å². The highest BCUT2D eigenvalue weighted by molar-refractivity contribution is 7.09. The molecule has 1 saturated heterocycles. The highest BCUT2D eigenvalue weighted by Crippen LogP contribution is 2.30. The lowest BCUT2D eigenvalue weighted by molar-refractivity contribution is -0.138. The highest BCUT2D eigenvalue weighted by Gasteiger charge is 2.34. The number of hydrogen-bond donors (Lipinski definition) is 0. The number of rotatable bonds is 5. The zero-order chi connectivity index (χ0) is 14.8. The monoisotopic (exact) mass is 306 g/mol. The summed E-state index contributed by atoms with van der Waals surface area (Å²) in [5.41, 5.74) is 0. The maximum Gasteiger partial charge on any atom is 0.237 e. The summed E-state index contributed by atoms with van der Waals surface area (Å²) in [4.78, 5) is 18.7. The van der Waals surface area contributed by atoms with Crippen LogP contribution in [0.4, 0.5) is 0 Å². The molecule has 1 aromatic heterocycles. The van der Waals surface area contributed by atoms with Crippen molar-refractivity contribution in [3.8, 4) is 0 Å². The zero-order valence-corrected chi connectivity index (χ0v) is 13.9. The molecule has 1 aliphatic heterocycles. The lowest BCUT2D eigenvalue weighted by atomic mass is 9.97. The van der Waals surface area contributed by atoms with E-state index in [0.717, 1.165) is 19.4 Å². The van der Waals surface area contributed by atoms with Crippen LogP contribution >= 0.6 is 11.3 Å². The predicted molar refractivity (Wildman–Crippen MR) is 87.4 cm³/mol. The minimum Gasteiger partial charge on any atom is -0.336 e. The molecule has 1 amide bonds. The van der Waals surface area contributed by atoms with E-state index in [9.17, 15) is 4.79 Å². The number of likely N-dealkylation sites (tertiary alicyclic amines) is 1. The Morgan fingerprint density at radius 2 is 2.00 bits per heavy atom. The minimum absolute atomic E-state index is 0.332. The second kappa shape index (κ2) is 6.49. The van der Waals surface area contributed by atoms with Gasteiger partial charge in [0.25, 0.3) is 0 Å². The normalized spacial score (nSPS) is 26.3. The maximum atomic E-state index is 12.8. The van der Waals surface area contributed by atoms with Crippen LogP contribution in [-0.4, -0.2) is 40.4 Å². The Hall–Kier alpha value is -0.870. The minimum atomic E-state index is 0.332. The maximum absolute atomic E-state index is 12.8. The third-order valence-corrected chi connectivity index (χ3v) is 5.68. The van der Waals surface area contributed by atoms with E-state index in [2.05, 4.69) is 41.2 Å². The molecule has 0 N–H and O–H groups in total. The third-order valence-electron chi connectivity index (χ3n) is 4.82. The molecule has 2 aliphatic rings. The first-order valence-corrected chi connectivity index (χ1v) is 9.10. The first-order chi connectivity index (χ1) is 10.1. The Morgan fingerprint density at radius 3 is 2.57 bits per heavy atom. The van der Waals surface area contributed by atoms with Gasteiger partial charge in [-0.1, -0.05) is 6.07 Å². The number of hydrogen-bond acceptors (Lipinski definition) is 3. The van der Waals surface area contributed by atoms with Gasteiger partial charge < -0.3 is 4.90 Å². The summed E-state index contributed by atoms with van der Waals surface area (Å²) in [6, 6.07) is 5.72. The Bertz CT molecular complexity index is 459. The topological polar surface area (TPSA) is 23.6 Å². The fourth-order valence-electron chi connectivity index (χ4n) is 3.52. The van der Waals surface area contributed by atoms with Crippen LogP contribution in [0.2, 0.25) is 0 Å². The Balaban J connectivity index is 1.63. The number of nitrogens with zero attached hydrogens (tertiary/aromatic N) is 2. The Kier molecular flexibility index (Phi) is 4.65. The largest absolute Gasteiger partial charge is 0.336 e. The van der Waals surface area contributed by atoms with Gasteiger partial charge in [-0.3, -0.25) is 9.69 Å². The fourth-order valence-corrected chi connectivity index (χ4v) is 4.25. The van der Waals surface area contributed by atoms with Gasteiger partial charge in [0.15, 0.2) is 0 Å². The average Bonchev–Trinajstić information content (AvgIpc) is 3.16. The van der Waals surface area contributed by atoms with Crippen molar-refractivity contribution >= 4 is 17.2 Å². The number of thiophene rings is 1. The van der Waals surface area contributed by atoms with Crippen LogP contribution < -0.4 is 0 Å². The SMILES string of the molecule is CC1CCCC(C)N1C(=O)CN(Cc1cccs1)C1CC1. The van der Waals surface area contributed by atoms with Gasteiger partial charge in [-0.15, -0.1) is 11.3 Å². The Morgan fingerprint density at radius 1 is 1.29 bits per heavy atom. The van der Waals surface area contributed by atoms with Crippen molar-refractivity contribution in [1.82, 2.24) is 9.80 Å². The lowest BCUT2D eigenvalue weighted by Crippen LogP contribution is -2.51. The van der Waals surface area contributed by atoms with Crippen molar-refractivity contribution in [3.05, 3.63) is 22.4 Å². The van der Waals surface area contributed by atoms with Crippen molar-refractivity contribution in [2.75, 3.05) is 6.54 Å². The van der Waals surface area contributed by atoms with Crippen LogP contribution in [0.3, 0.4) is 0 Å². The molecule has 2 heterocycles. The molecule has 2 fully saturated rings. The van der Waals surface area contributed by atoms with E-state index in [-0.39, 0.29) is 0 Å². The van der Waals surface area contributed by atoms with E-state index in [0.29, 0.717) is 30.6 Å². The second-order valence-electron chi connectivity index (χ2n) is 6.65. The summed E-state index contributed by atoms with van der Waals surface area (Å²) in [7, 11) is 0. The summed E-state index contributed by atoms with van der Waals surface area (Å²) in [5.74, 6) is 0.332. The smallest absolute Gasteiger partial charge is 0.237 e. The third kappa shape index (κ3) is 3.67. The van der Waals surface area contributed by atoms with Crippen LogP contribution in [0.1, 0.15) is 50.8 Å². The van der Waals surface area contributed by atoms with Gasteiger partial charge in [-0.25, -0.2) is 0 Å². The van der Waals surface area contributed by atoms with Crippen molar-refractivity contribution in [1.29, 1.82) is 0 Å². The van der Waals surface area contributed by atoms with Gasteiger partial charge in [0.2, 0.25) is 5.91 Å². The van der Waals surface area contributed by atoms with Crippen molar-refractivity contribution in [3.63, 3.8) is 0 Å². The van der Waals surface area contributed by atoms with E-state index in [1.807, 2.05) is 0 Å². The quantitative estimate of drug-likeness (QED) is 0.831. The number of amides is 1. The molecular formula is C17H26N2OS. The van der Waals surface area contributed by atoms with Gasteiger partial charge >= 0.3 is 0 Å². The van der Waals surface area contributed by atoms with E-state index in [4.69, 9.17) is 0 Å². The molecule has 1 aromatic rings. The predicted octanol–water partition coefficient (Wildman–Crippen LogP) is 3.50. The molecule has 0 bridgehead atoms. The molecule has 0 radical (unpaired) electrons. The molecule has 0 spiro atoms. The molecule has 1 saturated carbocycles. The van der Waals surface area contributed by atoms with E-state index in [1.54, 1.807) is 11.3 Å². The zero-order valence-electron chi connectivity index (χ0n) is 13.1. The first-order valence-electron chi connectivity index (χ1n) is 8.22. The standard InChI is InChI=1S/C17H26N2OS/c1-13-5-3-6-14(2)19(13)17(20)12-18(15-8-9-15)11-16-7-4-10-21-16/h4,7,10,13-15H,3,5-6,8-9,11-12H2,1-2H3. The molecule has 3 rings (SSSR count). The van der Waals surface area contributed by atoms with Gasteiger partial charge in [-0.2, -0.15) is 0 Å². The van der Waals surface area contributed by atoms with Crippen LogP contribution in [0.15, 0.2) is 17.5 Å². The highest BCUT2D eigenvalue weighted by atomic mass is 32.1. The number of carbonyl (C=O) groups is 1. The van der Waals surface area contributed by atoms with E-state index < -0.39 is 0 Å². The second-order valence-corrected chi connectivity index (χ2v) is 7.68.